The van der Waals surface area contributed by atoms with Gasteiger partial charge in [-0.15, -0.1) is 0 Å². The Kier molecular flexibility index (Phi) is 3.06. The molecule has 0 aromatic heterocycles. The van der Waals surface area contributed by atoms with Crippen molar-refractivity contribution in [2.24, 2.45) is 0 Å². The van der Waals surface area contributed by atoms with E-state index in [0.29, 0.717) is 0 Å². The average Bonchev–Trinajstić information content (AvgIpc) is 2.71. The van der Waals surface area contributed by atoms with E-state index >= 15 is 0 Å². The molecule has 2 rings (SSSR count). The molecule has 1 fully saturated rings. The summed E-state index contributed by atoms with van der Waals surface area (Å²) in [6, 6.07) is 1.44. The maximum Gasteiger partial charge on any atom is 0.0923 e. The molecule has 2 aliphatic heterocycles. The quantitative estimate of drug-likeness (QED) is 0.645. The lowest BCUT2D eigenvalue weighted by atomic mass is 10.2. The Labute approximate surface area is 81.5 Å². The Balaban J connectivity index is 1.96. The van der Waals surface area contributed by atoms with Crippen LogP contribution in [0.3, 0.4) is 0 Å². The van der Waals surface area contributed by atoms with E-state index < -0.39 is 8.80 Å². The molecule has 1 saturated heterocycles. The highest BCUT2D eigenvalue weighted by Gasteiger charge is 2.33. The fourth-order valence-electron chi connectivity index (χ4n) is 2.52. The number of hydrogen-bond donors (Lipinski definition) is 0. The predicted molar refractivity (Wildman–Crippen MR) is 55.5 cm³/mol. The topological polar surface area (TPSA) is 18.5 Å². The van der Waals surface area contributed by atoms with Crippen LogP contribution in [0.2, 0.25) is 11.6 Å². The zero-order valence-corrected chi connectivity index (χ0v) is 9.45. The van der Waals surface area contributed by atoms with Crippen LogP contribution in [0, 0.1) is 0 Å². The minimum Gasteiger partial charge on any atom is -0.498 e. The van der Waals surface area contributed by atoms with E-state index in [2.05, 4.69) is 6.08 Å². The number of hydrogen-bond acceptors (Lipinski definition) is 2. The molecule has 0 saturated carbocycles. The second kappa shape index (κ2) is 4.29. The summed E-state index contributed by atoms with van der Waals surface area (Å²) in [5.74, 6) is 1.31. The van der Waals surface area contributed by atoms with Crippen molar-refractivity contribution in [1.29, 1.82) is 0 Å². The molecule has 74 valence electrons. The molecular weight excluding hydrogens is 180 g/mol. The van der Waals surface area contributed by atoms with Crippen LogP contribution in [0.25, 0.3) is 0 Å². The molecular formula is C10H18O2Si. The largest absolute Gasteiger partial charge is 0.498 e. The van der Waals surface area contributed by atoms with E-state index in [1.54, 1.807) is 0 Å². The first-order valence-corrected chi connectivity index (χ1v) is 7.53. The van der Waals surface area contributed by atoms with E-state index in [1.807, 2.05) is 7.11 Å². The SMILES string of the molecule is COC[SiH]1CCCC1C1=CCCO1. The lowest BCUT2D eigenvalue weighted by molar-refractivity contribution is 0.227. The van der Waals surface area contributed by atoms with Crippen LogP contribution in [0.4, 0.5) is 0 Å². The lowest BCUT2D eigenvalue weighted by Crippen LogP contribution is -2.22. The van der Waals surface area contributed by atoms with Crippen LogP contribution < -0.4 is 0 Å². The van der Waals surface area contributed by atoms with Crippen molar-refractivity contribution in [3.63, 3.8) is 0 Å². The monoisotopic (exact) mass is 198 g/mol. The zero-order chi connectivity index (χ0) is 9.10. The fraction of sp³-hybridized carbons (Fsp3) is 0.800. The van der Waals surface area contributed by atoms with E-state index in [0.717, 1.165) is 24.8 Å². The van der Waals surface area contributed by atoms with Crippen LogP contribution in [-0.2, 0) is 9.47 Å². The molecule has 2 nitrogen and oxygen atoms in total. The molecule has 2 unspecified atom stereocenters. The van der Waals surface area contributed by atoms with Crippen molar-refractivity contribution in [2.45, 2.75) is 30.8 Å². The Hall–Kier alpha value is -0.283. The van der Waals surface area contributed by atoms with Crippen LogP contribution in [0.5, 0.6) is 0 Å². The Morgan fingerprint density at radius 1 is 1.69 bits per heavy atom. The first-order chi connectivity index (χ1) is 6.42. The van der Waals surface area contributed by atoms with Gasteiger partial charge in [0.25, 0.3) is 0 Å². The summed E-state index contributed by atoms with van der Waals surface area (Å²) in [5.41, 5.74) is 0.794. The van der Waals surface area contributed by atoms with Gasteiger partial charge in [0, 0.05) is 25.3 Å². The highest BCUT2D eigenvalue weighted by atomic mass is 28.3. The van der Waals surface area contributed by atoms with Gasteiger partial charge in [-0.2, -0.15) is 0 Å². The van der Waals surface area contributed by atoms with Crippen molar-refractivity contribution in [1.82, 2.24) is 0 Å². The molecule has 13 heavy (non-hydrogen) atoms. The highest BCUT2D eigenvalue weighted by molar-refractivity contribution is 6.62. The maximum absolute atomic E-state index is 5.65. The van der Waals surface area contributed by atoms with Gasteiger partial charge in [0.1, 0.15) is 0 Å². The van der Waals surface area contributed by atoms with Gasteiger partial charge < -0.3 is 9.47 Å². The molecule has 0 aromatic carbocycles. The van der Waals surface area contributed by atoms with Gasteiger partial charge in [0.2, 0.25) is 0 Å². The van der Waals surface area contributed by atoms with Crippen molar-refractivity contribution in [3.8, 4) is 0 Å². The number of methoxy groups -OCH3 is 1. The van der Waals surface area contributed by atoms with E-state index in [4.69, 9.17) is 9.47 Å². The molecule has 0 aromatic rings. The number of ether oxygens (including phenoxy) is 2. The minimum absolute atomic E-state index is 0.665. The van der Waals surface area contributed by atoms with E-state index in [1.165, 1.54) is 24.6 Å². The van der Waals surface area contributed by atoms with Gasteiger partial charge in [-0.25, -0.2) is 0 Å². The molecule has 0 radical (unpaired) electrons. The standard InChI is InChI=1S/C10H18O2Si/c1-11-8-13-7-3-5-10(13)9-4-2-6-12-9/h4,10,13H,2-3,5-8H2,1H3. The molecule has 0 spiro atoms. The third-order valence-corrected chi connectivity index (χ3v) is 6.85. The number of rotatable bonds is 3. The van der Waals surface area contributed by atoms with Gasteiger partial charge >= 0.3 is 0 Å². The normalized spacial score (nSPS) is 33.2. The average molecular weight is 198 g/mol. The first-order valence-electron chi connectivity index (χ1n) is 5.23. The maximum atomic E-state index is 5.65. The van der Waals surface area contributed by atoms with Gasteiger partial charge in [-0.05, 0) is 12.5 Å². The van der Waals surface area contributed by atoms with Gasteiger partial charge in [0.05, 0.1) is 21.2 Å². The fourth-order valence-corrected chi connectivity index (χ4v) is 5.91. The molecule has 0 bridgehead atoms. The molecule has 3 heteroatoms. The molecule has 2 aliphatic rings. The van der Waals surface area contributed by atoms with Crippen LogP contribution in [0.15, 0.2) is 11.8 Å². The second-order valence-corrected chi connectivity index (χ2v) is 7.23. The smallest absolute Gasteiger partial charge is 0.0923 e. The summed E-state index contributed by atoms with van der Waals surface area (Å²) in [4.78, 5) is 0. The Morgan fingerprint density at radius 2 is 2.62 bits per heavy atom. The van der Waals surface area contributed by atoms with Crippen LogP contribution >= 0.6 is 0 Å². The van der Waals surface area contributed by atoms with Crippen molar-refractivity contribution < 1.29 is 9.47 Å². The molecule has 2 atom stereocenters. The summed E-state index contributed by atoms with van der Waals surface area (Å²) in [6.45, 7) is 0.917. The van der Waals surface area contributed by atoms with Crippen LogP contribution in [0.1, 0.15) is 19.3 Å². The van der Waals surface area contributed by atoms with E-state index in [-0.39, 0.29) is 0 Å². The van der Waals surface area contributed by atoms with Gasteiger partial charge in [0.15, 0.2) is 0 Å². The van der Waals surface area contributed by atoms with Crippen LogP contribution in [-0.4, -0.2) is 28.7 Å². The Bertz CT molecular complexity index is 203. The summed E-state index contributed by atoms with van der Waals surface area (Å²) >= 11 is 0. The molecule has 0 aliphatic carbocycles. The highest BCUT2D eigenvalue weighted by Crippen LogP contribution is 2.38. The summed E-state index contributed by atoms with van der Waals surface area (Å²) in [7, 11) is 1.16. The van der Waals surface area contributed by atoms with Gasteiger partial charge in [-0.1, -0.05) is 12.5 Å². The zero-order valence-electron chi connectivity index (χ0n) is 8.29. The van der Waals surface area contributed by atoms with E-state index in [9.17, 15) is 0 Å². The third kappa shape index (κ3) is 1.97. The van der Waals surface area contributed by atoms with Crippen molar-refractivity contribution in [2.75, 3.05) is 19.9 Å². The van der Waals surface area contributed by atoms with Crippen molar-refractivity contribution >= 4 is 8.80 Å². The summed E-state index contributed by atoms with van der Waals surface area (Å²) < 4.78 is 10.9. The summed E-state index contributed by atoms with van der Waals surface area (Å²) in [5, 5.41) is 0. The van der Waals surface area contributed by atoms with Crippen molar-refractivity contribution in [3.05, 3.63) is 11.8 Å². The first kappa shape index (κ1) is 9.28. The summed E-state index contributed by atoms with van der Waals surface area (Å²) in [6.07, 6.45) is 7.20. The third-order valence-electron chi connectivity index (χ3n) is 3.14. The Morgan fingerprint density at radius 3 is 3.31 bits per heavy atom. The number of allylic oxidation sites excluding steroid dienone is 1. The second-order valence-electron chi connectivity index (χ2n) is 4.00. The molecule has 2 heterocycles. The molecule has 0 N–H and O–H groups in total. The lowest BCUT2D eigenvalue weighted by Gasteiger charge is -2.18. The predicted octanol–water partition coefficient (Wildman–Crippen LogP) is 1.87. The minimum atomic E-state index is -0.665. The molecule has 0 amide bonds. The van der Waals surface area contributed by atoms with Gasteiger partial charge in [-0.3, -0.25) is 0 Å².